The number of hydrogen-bond donors (Lipinski definition) is 0. The Labute approximate surface area is 86.6 Å². The molecule has 0 fully saturated rings. The van der Waals surface area contributed by atoms with Crippen LogP contribution < -0.4 is 0 Å². The van der Waals surface area contributed by atoms with Crippen LogP contribution in [0.2, 0.25) is 0 Å². The van der Waals surface area contributed by atoms with Crippen LogP contribution in [0.4, 0.5) is 0 Å². The SMILES string of the molecule is CC(=O)OC/C(=C/C=C(C)C)C(C)C. The Hall–Kier alpha value is -1.05. The summed E-state index contributed by atoms with van der Waals surface area (Å²) in [6.45, 7) is 10.1. The highest BCUT2D eigenvalue weighted by molar-refractivity contribution is 5.66. The van der Waals surface area contributed by atoms with E-state index in [1.807, 2.05) is 26.0 Å². The first-order valence-electron chi connectivity index (χ1n) is 4.90. The van der Waals surface area contributed by atoms with E-state index in [4.69, 9.17) is 4.74 Å². The lowest BCUT2D eigenvalue weighted by atomic mass is 10.0. The van der Waals surface area contributed by atoms with Crippen LogP contribution in [0.5, 0.6) is 0 Å². The van der Waals surface area contributed by atoms with Gasteiger partial charge in [0.25, 0.3) is 0 Å². The fraction of sp³-hybridized carbons (Fsp3) is 0.583. The average Bonchev–Trinajstić information content (AvgIpc) is 2.02. The van der Waals surface area contributed by atoms with Gasteiger partial charge in [-0.1, -0.05) is 31.6 Å². The highest BCUT2D eigenvalue weighted by atomic mass is 16.5. The van der Waals surface area contributed by atoms with Crippen molar-refractivity contribution in [3.63, 3.8) is 0 Å². The van der Waals surface area contributed by atoms with E-state index >= 15 is 0 Å². The van der Waals surface area contributed by atoms with Crippen LogP contribution >= 0.6 is 0 Å². The molecular weight excluding hydrogens is 176 g/mol. The topological polar surface area (TPSA) is 26.3 Å². The van der Waals surface area contributed by atoms with Crippen LogP contribution in [0.3, 0.4) is 0 Å². The quantitative estimate of drug-likeness (QED) is 0.510. The fourth-order valence-corrected chi connectivity index (χ4v) is 0.866. The third-order valence-corrected chi connectivity index (χ3v) is 1.81. The Morgan fingerprint density at radius 2 is 1.79 bits per heavy atom. The van der Waals surface area contributed by atoms with Crippen LogP contribution in [0, 0.1) is 5.92 Å². The summed E-state index contributed by atoms with van der Waals surface area (Å²) in [6.07, 6.45) is 4.07. The largest absolute Gasteiger partial charge is 0.461 e. The van der Waals surface area contributed by atoms with E-state index in [0.29, 0.717) is 12.5 Å². The van der Waals surface area contributed by atoms with Crippen LogP contribution in [0.1, 0.15) is 34.6 Å². The van der Waals surface area contributed by atoms with Gasteiger partial charge in [0.15, 0.2) is 0 Å². The summed E-state index contributed by atoms with van der Waals surface area (Å²) in [5.41, 5.74) is 2.38. The van der Waals surface area contributed by atoms with Gasteiger partial charge in [0.05, 0.1) is 0 Å². The molecule has 0 bridgehead atoms. The van der Waals surface area contributed by atoms with Gasteiger partial charge in [0.1, 0.15) is 6.61 Å². The zero-order chi connectivity index (χ0) is 11.1. The van der Waals surface area contributed by atoms with E-state index in [2.05, 4.69) is 13.8 Å². The third-order valence-electron chi connectivity index (χ3n) is 1.81. The fourth-order valence-electron chi connectivity index (χ4n) is 0.866. The molecule has 2 heteroatoms. The van der Waals surface area contributed by atoms with E-state index in [-0.39, 0.29) is 5.97 Å². The summed E-state index contributed by atoms with van der Waals surface area (Å²) < 4.78 is 4.96. The van der Waals surface area contributed by atoms with Crippen molar-refractivity contribution in [1.82, 2.24) is 0 Å². The average molecular weight is 196 g/mol. The van der Waals surface area contributed by atoms with Gasteiger partial charge < -0.3 is 4.74 Å². The number of carbonyl (C=O) groups excluding carboxylic acids is 1. The van der Waals surface area contributed by atoms with Gasteiger partial charge in [0, 0.05) is 6.92 Å². The number of hydrogen-bond acceptors (Lipinski definition) is 2. The van der Waals surface area contributed by atoms with Crippen molar-refractivity contribution in [2.45, 2.75) is 34.6 Å². The molecule has 0 saturated heterocycles. The molecule has 0 spiro atoms. The molecular formula is C12H20O2. The molecule has 2 nitrogen and oxygen atoms in total. The van der Waals surface area contributed by atoms with E-state index < -0.39 is 0 Å². The minimum absolute atomic E-state index is 0.228. The van der Waals surface area contributed by atoms with E-state index in [9.17, 15) is 4.79 Å². The van der Waals surface area contributed by atoms with Crippen LogP contribution in [-0.4, -0.2) is 12.6 Å². The maximum absolute atomic E-state index is 10.6. The van der Waals surface area contributed by atoms with Crippen molar-refractivity contribution in [1.29, 1.82) is 0 Å². The van der Waals surface area contributed by atoms with Crippen molar-refractivity contribution in [3.8, 4) is 0 Å². The lowest BCUT2D eigenvalue weighted by Gasteiger charge is -2.10. The van der Waals surface area contributed by atoms with Gasteiger partial charge in [-0.05, 0) is 25.3 Å². The van der Waals surface area contributed by atoms with Gasteiger partial charge >= 0.3 is 5.97 Å². The first-order chi connectivity index (χ1) is 6.43. The first kappa shape index (κ1) is 12.9. The van der Waals surface area contributed by atoms with E-state index in [1.165, 1.54) is 12.5 Å². The molecule has 0 aromatic rings. The number of allylic oxidation sites excluding steroid dienone is 3. The zero-order valence-electron chi connectivity index (χ0n) is 9.76. The Morgan fingerprint density at radius 3 is 2.14 bits per heavy atom. The van der Waals surface area contributed by atoms with E-state index in [1.54, 1.807) is 0 Å². The molecule has 0 aromatic heterocycles. The van der Waals surface area contributed by atoms with Gasteiger partial charge in [-0.25, -0.2) is 0 Å². The second kappa shape index (κ2) is 6.41. The Kier molecular flexibility index (Phi) is 5.93. The summed E-state index contributed by atoms with van der Waals surface area (Å²) in [5, 5.41) is 0. The molecule has 0 unspecified atom stereocenters. The lowest BCUT2D eigenvalue weighted by molar-refractivity contribution is -0.140. The van der Waals surface area contributed by atoms with Gasteiger partial charge in [-0.2, -0.15) is 0 Å². The molecule has 0 aliphatic heterocycles. The molecule has 0 aliphatic rings. The molecule has 0 heterocycles. The molecule has 80 valence electrons. The molecule has 0 saturated carbocycles. The number of rotatable bonds is 4. The van der Waals surface area contributed by atoms with Crippen molar-refractivity contribution < 1.29 is 9.53 Å². The molecule has 0 rings (SSSR count). The van der Waals surface area contributed by atoms with Crippen LogP contribution in [-0.2, 0) is 9.53 Å². The molecule has 0 atom stereocenters. The second-order valence-corrected chi connectivity index (χ2v) is 3.92. The second-order valence-electron chi connectivity index (χ2n) is 3.92. The molecule has 0 radical (unpaired) electrons. The normalized spacial score (nSPS) is 11.4. The molecule has 0 aliphatic carbocycles. The maximum Gasteiger partial charge on any atom is 0.302 e. The highest BCUT2D eigenvalue weighted by Gasteiger charge is 2.03. The van der Waals surface area contributed by atoms with Gasteiger partial charge in [-0.15, -0.1) is 0 Å². The van der Waals surface area contributed by atoms with Gasteiger partial charge in [-0.3, -0.25) is 4.79 Å². The van der Waals surface area contributed by atoms with Crippen molar-refractivity contribution in [3.05, 3.63) is 23.3 Å². The van der Waals surface area contributed by atoms with E-state index in [0.717, 1.165) is 5.57 Å². The maximum atomic E-state index is 10.6. The first-order valence-corrected chi connectivity index (χ1v) is 4.90. The predicted octanol–water partition coefficient (Wildman–Crippen LogP) is 3.10. The summed E-state index contributed by atoms with van der Waals surface area (Å²) in [7, 11) is 0. The standard InChI is InChI=1S/C12H20O2/c1-9(2)6-7-12(10(3)4)8-14-11(5)13/h6-7,10H,8H2,1-5H3/b12-7-. The van der Waals surface area contributed by atoms with Crippen LogP contribution in [0.25, 0.3) is 0 Å². The Bertz CT molecular complexity index is 243. The zero-order valence-corrected chi connectivity index (χ0v) is 9.76. The Morgan fingerprint density at radius 1 is 1.21 bits per heavy atom. The molecule has 0 N–H and O–H groups in total. The number of ether oxygens (including phenoxy) is 1. The lowest BCUT2D eigenvalue weighted by Crippen LogP contribution is -2.07. The monoisotopic (exact) mass is 196 g/mol. The molecule has 0 aromatic carbocycles. The van der Waals surface area contributed by atoms with Crippen molar-refractivity contribution >= 4 is 5.97 Å². The van der Waals surface area contributed by atoms with Crippen LogP contribution in [0.15, 0.2) is 23.3 Å². The minimum atomic E-state index is -0.228. The molecule has 14 heavy (non-hydrogen) atoms. The molecule has 0 amide bonds. The van der Waals surface area contributed by atoms with Gasteiger partial charge in [0.2, 0.25) is 0 Å². The summed E-state index contributed by atoms with van der Waals surface area (Å²) in [6, 6.07) is 0. The minimum Gasteiger partial charge on any atom is -0.461 e. The summed E-state index contributed by atoms with van der Waals surface area (Å²) in [4.78, 5) is 10.6. The third kappa shape index (κ3) is 6.46. The van der Waals surface area contributed by atoms with Crippen molar-refractivity contribution in [2.24, 2.45) is 5.92 Å². The predicted molar refractivity (Wildman–Crippen MR) is 59.0 cm³/mol. The summed E-state index contributed by atoms with van der Waals surface area (Å²) >= 11 is 0. The Balaban J connectivity index is 4.37. The smallest absolute Gasteiger partial charge is 0.302 e. The highest BCUT2D eigenvalue weighted by Crippen LogP contribution is 2.10. The number of esters is 1. The number of carbonyl (C=O) groups is 1. The summed E-state index contributed by atoms with van der Waals surface area (Å²) in [5.74, 6) is 0.179. The van der Waals surface area contributed by atoms with Crippen molar-refractivity contribution in [2.75, 3.05) is 6.61 Å².